The lowest BCUT2D eigenvalue weighted by molar-refractivity contribution is 0.0674. The maximum absolute atomic E-state index is 5.65. The van der Waals surface area contributed by atoms with E-state index >= 15 is 0 Å². The van der Waals surface area contributed by atoms with Gasteiger partial charge in [0.05, 0.1) is 13.2 Å². The van der Waals surface area contributed by atoms with Crippen molar-refractivity contribution in [2.24, 2.45) is 0 Å². The molecule has 1 rings (SSSR count). The fourth-order valence-corrected chi connectivity index (χ4v) is 2.38. The molecule has 1 aliphatic rings. The maximum atomic E-state index is 5.65. The average Bonchev–Trinajstić information content (AvgIpc) is 2.38. The minimum Gasteiger partial charge on any atom is -0.379 e. The van der Waals surface area contributed by atoms with Crippen molar-refractivity contribution < 1.29 is 4.74 Å². The predicted octanol–water partition coefficient (Wildman–Crippen LogP) is 0.937. The van der Waals surface area contributed by atoms with Crippen molar-refractivity contribution in [3.8, 4) is 0 Å². The van der Waals surface area contributed by atoms with E-state index in [4.69, 9.17) is 4.74 Å². The van der Waals surface area contributed by atoms with Crippen LogP contribution in [0.1, 0.15) is 20.8 Å². The molecule has 1 saturated heterocycles. The van der Waals surface area contributed by atoms with Crippen LogP contribution in [0.5, 0.6) is 0 Å². The molecule has 0 aromatic carbocycles. The van der Waals surface area contributed by atoms with Crippen LogP contribution >= 0.6 is 12.6 Å². The zero-order valence-electron chi connectivity index (χ0n) is 12.8. The Bertz CT molecular complexity index is 219. The molecular weight excluding hydrogens is 258 g/mol. The van der Waals surface area contributed by atoms with E-state index in [0.717, 1.165) is 32.8 Å². The van der Waals surface area contributed by atoms with Gasteiger partial charge in [0.15, 0.2) is 0 Å². The molecule has 1 N–H and O–H groups in total. The molecule has 1 aliphatic heterocycles. The molecule has 5 heteroatoms. The summed E-state index contributed by atoms with van der Waals surface area (Å²) in [7, 11) is 0. The van der Waals surface area contributed by atoms with E-state index in [2.05, 4.69) is 48.5 Å². The zero-order valence-corrected chi connectivity index (χ0v) is 13.7. The van der Waals surface area contributed by atoms with E-state index in [9.17, 15) is 0 Å². The van der Waals surface area contributed by atoms with Crippen LogP contribution in [0.15, 0.2) is 0 Å². The van der Waals surface area contributed by atoms with Gasteiger partial charge in [0.25, 0.3) is 0 Å². The molecule has 0 aromatic rings. The molecule has 0 bridgehead atoms. The molecule has 1 fully saturated rings. The third-order valence-corrected chi connectivity index (χ3v) is 3.73. The zero-order chi connectivity index (χ0) is 14.1. The van der Waals surface area contributed by atoms with Gasteiger partial charge in [0, 0.05) is 57.1 Å². The third-order valence-electron chi connectivity index (χ3n) is 3.55. The van der Waals surface area contributed by atoms with Crippen molar-refractivity contribution in [1.29, 1.82) is 0 Å². The van der Waals surface area contributed by atoms with Gasteiger partial charge in [0.1, 0.15) is 0 Å². The highest BCUT2D eigenvalue weighted by Crippen LogP contribution is 2.05. The smallest absolute Gasteiger partial charge is 0.0594 e. The van der Waals surface area contributed by atoms with Gasteiger partial charge in [-0.3, -0.25) is 9.80 Å². The van der Waals surface area contributed by atoms with Crippen LogP contribution in [0, 0.1) is 0 Å². The van der Waals surface area contributed by atoms with Gasteiger partial charge in [-0.25, -0.2) is 0 Å². The molecule has 0 saturated carbocycles. The lowest BCUT2D eigenvalue weighted by Gasteiger charge is -2.36. The van der Waals surface area contributed by atoms with E-state index in [0.29, 0.717) is 11.3 Å². The Morgan fingerprint density at radius 1 is 1.11 bits per heavy atom. The minimum atomic E-state index is 0.414. The van der Waals surface area contributed by atoms with Gasteiger partial charge in [-0.05, 0) is 13.8 Å². The van der Waals surface area contributed by atoms with Crippen LogP contribution in [0.2, 0.25) is 0 Å². The molecule has 1 atom stereocenters. The second-order valence-corrected chi connectivity index (χ2v) is 6.52. The summed E-state index contributed by atoms with van der Waals surface area (Å²) in [6.45, 7) is 16.0. The molecule has 0 aliphatic carbocycles. The van der Waals surface area contributed by atoms with E-state index in [1.807, 2.05) is 0 Å². The monoisotopic (exact) mass is 289 g/mol. The van der Waals surface area contributed by atoms with Gasteiger partial charge in [-0.15, -0.1) is 0 Å². The topological polar surface area (TPSA) is 27.7 Å². The van der Waals surface area contributed by atoms with Crippen LogP contribution in [0.4, 0.5) is 0 Å². The quantitative estimate of drug-likeness (QED) is 0.488. The number of rotatable bonds is 9. The standard InChI is InChI=1S/C14H31N3OS/c1-13(2)17-7-5-16(6-8-17)9-11-18-10-4-15-12-14(3)19/h13-15,19H,4-12H2,1-3H3. The van der Waals surface area contributed by atoms with E-state index in [1.165, 1.54) is 26.2 Å². The molecular formula is C14H31N3OS. The summed E-state index contributed by atoms with van der Waals surface area (Å²) in [5.41, 5.74) is 0. The Balaban J connectivity index is 1.91. The summed E-state index contributed by atoms with van der Waals surface area (Å²) in [5.74, 6) is 0. The number of hydrogen-bond acceptors (Lipinski definition) is 5. The van der Waals surface area contributed by atoms with E-state index in [1.54, 1.807) is 0 Å². The van der Waals surface area contributed by atoms with Crippen LogP contribution in [-0.2, 0) is 4.74 Å². The average molecular weight is 289 g/mol. The number of hydrogen-bond donors (Lipinski definition) is 2. The molecule has 4 nitrogen and oxygen atoms in total. The summed E-state index contributed by atoms with van der Waals surface area (Å²) in [6.07, 6.45) is 0. The SMILES string of the molecule is CC(S)CNCCOCCN1CCN(C(C)C)CC1. The van der Waals surface area contributed by atoms with Gasteiger partial charge >= 0.3 is 0 Å². The summed E-state index contributed by atoms with van der Waals surface area (Å²) >= 11 is 4.32. The highest BCUT2D eigenvalue weighted by atomic mass is 32.1. The first kappa shape index (κ1) is 17.2. The summed E-state index contributed by atoms with van der Waals surface area (Å²) in [4.78, 5) is 5.04. The van der Waals surface area contributed by atoms with Crippen molar-refractivity contribution in [3.63, 3.8) is 0 Å². The highest BCUT2D eigenvalue weighted by molar-refractivity contribution is 7.80. The Morgan fingerprint density at radius 3 is 2.37 bits per heavy atom. The van der Waals surface area contributed by atoms with Crippen LogP contribution in [0.25, 0.3) is 0 Å². The van der Waals surface area contributed by atoms with Gasteiger partial charge in [-0.1, -0.05) is 6.92 Å². The molecule has 114 valence electrons. The van der Waals surface area contributed by atoms with Gasteiger partial charge in [0.2, 0.25) is 0 Å². The summed E-state index contributed by atoms with van der Waals surface area (Å²) < 4.78 is 5.65. The van der Waals surface area contributed by atoms with Crippen molar-refractivity contribution in [2.75, 3.05) is 59.0 Å². The van der Waals surface area contributed by atoms with E-state index < -0.39 is 0 Å². The molecule has 1 unspecified atom stereocenters. The number of nitrogens with one attached hydrogen (secondary N) is 1. The number of thiol groups is 1. The first-order chi connectivity index (χ1) is 9.09. The molecule has 1 heterocycles. The molecule has 0 spiro atoms. The Hall–Kier alpha value is 0.190. The van der Waals surface area contributed by atoms with Gasteiger partial charge < -0.3 is 10.1 Å². The van der Waals surface area contributed by atoms with E-state index in [-0.39, 0.29) is 0 Å². The minimum absolute atomic E-state index is 0.414. The Labute approximate surface area is 124 Å². The first-order valence-electron chi connectivity index (χ1n) is 7.52. The Kier molecular flexibility index (Phi) is 9.07. The molecule has 0 aromatic heterocycles. The lowest BCUT2D eigenvalue weighted by Crippen LogP contribution is -2.49. The largest absolute Gasteiger partial charge is 0.379 e. The van der Waals surface area contributed by atoms with Crippen molar-refractivity contribution in [2.45, 2.75) is 32.1 Å². The summed E-state index contributed by atoms with van der Waals surface area (Å²) in [6, 6.07) is 0.679. The maximum Gasteiger partial charge on any atom is 0.0594 e. The van der Waals surface area contributed by atoms with Crippen LogP contribution in [0.3, 0.4) is 0 Å². The first-order valence-corrected chi connectivity index (χ1v) is 8.04. The normalized spacial score (nSPS) is 20.1. The number of piperazine rings is 1. The van der Waals surface area contributed by atoms with Gasteiger partial charge in [-0.2, -0.15) is 12.6 Å². The third kappa shape index (κ3) is 8.15. The Morgan fingerprint density at radius 2 is 1.79 bits per heavy atom. The van der Waals surface area contributed by atoms with Crippen molar-refractivity contribution in [3.05, 3.63) is 0 Å². The van der Waals surface area contributed by atoms with Crippen LogP contribution in [-0.4, -0.2) is 80.1 Å². The fourth-order valence-electron chi connectivity index (χ4n) is 2.25. The second-order valence-electron chi connectivity index (χ2n) is 5.64. The number of ether oxygens (including phenoxy) is 1. The molecule has 19 heavy (non-hydrogen) atoms. The predicted molar refractivity (Wildman–Crippen MR) is 85.3 cm³/mol. The molecule has 0 amide bonds. The van der Waals surface area contributed by atoms with Crippen molar-refractivity contribution >= 4 is 12.6 Å². The van der Waals surface area contributed by atoms with Crippen molar-refractivity contribution in [1.82, 2.24) is 15.1 Å². The summed E-state index contributed by atoms with van der Waals surface area (Å²) in [5, 5.41) is 3.73. The molecule has 0 radical (unpaired) electrons. The lowest BCUT2D eigenvalue weighted by atomic mass is 10.2. The number of nitrogens with zero attached hydrogens (tertiary/aromatic N) is 2. The second kappa shape index (κ2) is 10.00. The highest BCUT2D eigenvalue weighted by Gasteiger charge is 2.17. The van der Waals surface area contributed by atoms with Crippen LogP contribution < -0.4 is 5.32 Å². The fraction of sp³-hybridized carbons (Fsp3) is 1.00.